The Morgan fingerprint density at radius 1 is 1.16 bits per heavy atom. The molecule has 1 atom stereocenters. The number of hydrogen-bond donors (Lipinski definition) is 1. The van der Waals surface area contributed by atoms with Crippen LogP contribution in [-0.2, 0) is 28.4 Å². The summed E-state index contributed by atoms with van der Waals surface area (Å²) in [6, 6.07) is 4.41. The summed E-state index contributed by atoms with van der Waals surface area (Å²) in [7, 11) is -2.50. The summed E-state index contributed by atoms with van der Waals surface area (Å²) < 4.78 is 37.1. The number of carbonyl (C=O) groups is 1. The zero-order chi connectivity index (χ0) is 27.4. The number of nitrogens with zero attached hydrogens (tertiary/aromatic N) is 4. The number of piperazine rings is 1. The number of halogens is 1. The van der Waals surface area contributed by atoms with Gasteiger partial charge in [-0.3, -0.25) is 23.6 Å². The molecular formula is C25H30ClN5O6S. The molecule has 5 rings (SSSR count). The number of aromatic nitrogens is 3. The van der Waals surface area contributed by atoms with Gasteiger partial charge in [0.2, 0.25) is 10.0 Å². The lowest BCUT2D eigenvalue weighted by Gasteiger charge is -2.36. The first-order chi connectivity index (χ1) is 18.1. The molecule has 0 bridgehead atoms. The monoisotopic (exact) mass is 563 g/mol. The molecule has 2 aliphatic heterocycles. The van der Waals surface area contributed by atoms with E-state index in [9.17, 15) is 22.8 Å². The van der Waals surface area contributed by atoms with Crippen LogP contribution in [0.5, 0.6) is 5.75 Å². The summed E-state index contributed by atoms with van der Waals surface area (Å²) in [6.45, 7) is 5.76. The van der Waals surface area contributed by atoms with E-state index in [1.165, 1.54) is 28.1 Å². The molecule has 2 saturated heterocycles. The number of sulfonamides is 1. The Hall–Kier alpha value is -2.93. The molecular weight excluding hydrogens is 534 g/mol. The van der Waals surface area contributed by atoms with Gasteiger partial charge < -0.3 is 9.72 Å². The number of Topliss-reactive ketones (excluding diaryl/α,β-unsaturated/α-hetero) is 1. The van der Waals surface area contributed by atoms with E-state index in [1.807, 2.05) is 11.8 Å². The van der Waals surface area contributed by atoms with Crippen molar-refractivity contribution in [2.45, 2.75) is 44.2 Å². The van der Waals surface area contributed by atoms with Crippen LogP contribution in [0, 0.1) is 0 Å². The van der Waals surface area contributed by atoms with Crippen LogP contribution >= 0.6 is 11.6 Å². The lowest BCUT2D eigenvalue weighted by atomic mass is 10.1. The van der Waals surface area contributed by atoms with Gasteiger partial charge >= 0.3 is 5.69 Å². The number of hydrogen-bond acceptors (Lipinski definition) is 7. The van der Waals surface area contributed by atoms with Gasteiger partial charge in [-0.25, -0.2) is 13.2 Å². The summed E-state index contributed by atoms with van der Waals surface area (Å²) in [5.74, 6) is 0.506. The molecule has 13 heteroatoms. The molecule has 4 heterocycles. The SMILES string of the molecule is CCCn1c(=O)n(C)c(=O)c2[nH]c(-c3cc(S(=O)(=O)N4CCN5CC(=O)C[C@H]5C4)ccc3OCC)c(Cl)c21. The number of benzene rings is 1. The van der Waals surface area contributed by atoms with E-state index in [4.69, 9.17) is 16.3 Å². The largest absolute Gasteiger partial charge is 0.493 e. The summed E-state index contributed by atoms with van der Waals surface area (Å²) in [6.07, 6.45) is 0.988. The molecule has 3 aromatic rings. The van der Waals surface area contributed by atoms with Crippen LogP contribution in [0.4, 0.5) is 0 Å². The third-order valence-corrected chi connectivity index (χ3v) is 9.46. The molecule has 0 radical (unpaired) electrons. The third-order valence-electron chi connectivity index (χ3n) is 7.24. The minimum absolute atomic E-state index is 0.0438. The van der Waals surface area contributed by atoms with Crippen molar-refractivity contribution in [3.63, 3.8) is 0 Å². The number of fused-ring (bicyclic) bond motifs is 2. The summed E-state index contributed by atoms with van der Waals surface area (Å²) in [5, 5.41) is 0.136. The number of carbonyl (C=O) groups excluding carboxylic acids is 1. The van der Waals surface area contributed by atoms with Crippen molar-refractivity contribution in [2.75, 3.05) is 32.8 Å². The van der Waals surface area contributed by atoms with Crippen molar-refractivity contribution < 1.29 is 17.9 Å². The predicted octanol–water partition coefficient (Wildman–Crippen LogP) is 1.81. The molecule has 38 heavy (non-hydrogen) atoms. The van der Waals surface area contributed by atoms with E-state index in [0.29, 0.717) is 56.1 Å². The van der Waals surface area contributed by atoms with E-state index in [1.54, 1.807) is 13.0 Å². The van der Waals surface area contributed by atoms with Crippen LogP contribution in [0.2, 0.25) is 5.02 Å². The van der Waals surface area contributed by atoms with Crippen molar-refractivity contribution >= 4 is 38.4 Å². The van der Waals surface area contributed by atoms with Gasteiger partial charge in [-0.15, -0.1) is 0 Å². The number of H-pyrrole nitrogens is 1. The van der Waals surface area contributed by atoms with Crippen LogP contribution in [0.15, 0.2) is 32.7 Å². The molecule has 0 aliphatic carbocycles. The maximum absolute atomic E-state index is 13.7. The minimum atomic E-state index is -3.90. The predicted molar refractivity (Wildman–Crippen MR) is 143 cm³/mol. The van der Waals surface area contributed by atoms with Gasteiger partial charge in [0.15, 0.2) is 0 Å². The van der Waals surface area contributed by atoms with Crippen LogP contribution in [0.3, 0.4) is 0 Å². The molecule has 204 valence electrons. The van der Waals surface area contributed by atoms with Crippen molar-refractivity contribution in [3.8, 4) is 17.0 Å². The third kappa shape index (κ3) is 4.29. The van der Waals surface area contributed by atoms with E-state index in [0.717, 1.165) is 4.57 Å². The number of aryl methyl sites for hydroxylation is 1. The standard InChI is InChI=1S/C25H30ClN5O6S/c1-4-8-31-23-20(26)21(27-22(23)24(33)28(3)25(31)34)18-12-17(6-7-19(18)37-5-2)38(35,36)30-10-9-29-14-16(32)11-15(29)13-30/h6-7,12,15,27H,4-5,8-11,13-14H2,1-3H3/t15-/m0/s1. The number of ether oxygens (including phenoxy) is 1. The van der Waals surface area contributed by atoms with Gasteiger partial charge in [0.25, 0.3) is 5.56 Å². The molecule has 11 nitrogen and oxygen atoms in total. The van der Waals surface area contributed by atoms with Crippen LogP contribution in [-0.4, -0.2) is 76.4 Å². The molecule has 0 unspecified atom stereocenters. The Morgan fingerprint density at radius 3 is 2.63 bits per heavy atom. The van der Waals surface area contributed by atoms with Gasteiger partial charge in [0.05, 0.1) is 34.3 Å². The first-order valence-corrected chi connectivity index (χ1v) is 14.4. The lowest BCUT2D eigenvalue weighted by Crippen LogP contribution is -2.51. The number of nitrogens with one attached hydrogen (secondary N) is 1. The summed E-state index contributed by atoms with van der Waals surface area (Å²) in [4.78, 5) is 42.8. The zero-order valence-electron chi connectivity index (χ0n) is 21.5. The first kappa shape index (κ1) is 26.7. The molecule has 2 aromatic heterocycles. The average molecular weight is 564 g/mol. The highest BCUT2D eigenvalue weighted by molar-refractivity contribution is 7.89. The number of aromatic amines is 1. The highest BCUT2D eigenvalue weighted by Gasteiger charge is 2.39. The van der Waals surface area contributed by atoms with Gasteiger partial charge in [-0.05, 0) is 31.5 Å². The fourth-order valence-corrected chi connectivity index (χ4v) is 7.20. The summed E-state index contributed by atoms with van der Waals surface area (Å²) in [5.41, 5.74) is 0.0637. The Balaban J connectivity index is 1.64. The molecule has 2 fully saturated rings. The normalized spacial score (nSPS) is 18.8. The second-order valence-corrected chi connectivity index (χ2v) is 12.0. The Kier molecular flexibility index (Phi) is 7.01. The maximum Gasteiger partial charge on any atom is 0.331 e. The fourth-order valence-electron chi connectivity index (χ4n) is 5.36. The molecule has 1 aromatic carbocycles. The van der Waals surface area contributed by atoms with E-state index in [-0.39, 0.29) is 45.9 Å². The highest BCUT2D eigenvalue weighted by Crippen LogP contribution is 2.39. The number of ketones is 1. The Morgan fingerprint density at radius 2 is 1.92 bits per heavy atom. The minimum Gasteiger partial charge on any atom is -0.493 e. The molecule has 1 N–H and O–H groups in total. The van der Waals surface area contributed by atoms with E-state index in [2.05, 4.69) is 4.98 Å². The first-order valence-electron chi connectivity index (χ1n) is 12.6. The topological polar surface area (TPSA) is 127 Å². The van der Waals surface area contributed by atoms with Crippen LogP contribution < -0.4 is 16.0 Å². The highest BCUT2D eigenvalue weighted by atomic mass is 35.5. The van der Waals surface area contributed by atoms with Gasteiger partial charge in [-0.1, -0.05) is 18.5 Å². The van der Waals surface area contributed by atoms with Crippen molar-refractivity contribution in [1.29, 1.82) is 0 Å². The smallest absolute Gasteiger partial charge is 0.331 e. The molecule has 0 spiro atoms. The van der Waals surface area contributed by atoms with Crippen LogP contribution in [0.1, 0.15) is 26.7 Å². The Bertz CT molecular complexity index is 1660. The quantitative estimate of drug-likeness (QED) is 0.464. The van der Waals surface area contributed by atoms with Crippen molar-refractivity contribution in [1.82, 2.24) is 23.3 Å². The number of rotatable bonds is 7. The maximum atomic E-state index is 13.7. The van der Waals surface area contributed by atoms with Crippen LogP contribution in [0.25, 0.3) is 22.3 Å². The van der Waals surface area contributed by atoms with E-state index >= 15 is 0 Å². The fraction of sp³-hybridized carbons (Fsp3) is 0.480. The Labute approximate surface area is 224 Å². The average Bonchev–Trinajstić information content (AvgIpc) is 3.44. The van der Waals surface area contributed by atoms with Gasteiger partial charge in [0, 0.05) is 51.3 Å². The van der Waals surface area contributed by atoms with E-state index < -0.39 is 21.3 Å². The summed E-state index contributed by atoms with van der Waals surface area (Å²) >= 11 is 6.80. The van der Waals surface area contributed by atoms with Crippen molar-refractivity contribution in [3.05, 3.63) is 44.1 Å². The zero-order valence-corrected chi connectivity index (χ0v) is 23.1. The van der Waals surface area contributed by atoms with Gasteiger partial charge in [0.1, 0.15) is 17.0 Å². The lowest BCUT2D eigenvalue weighted by molar-refractivity contribution is -0.116. The molecule has 0 saturated carbocycles. The van der Waals surface area contributed by atoms with Gasteiger partial charge in [-0.2, -0.15) is 4.31 Å². The molecule has 0 amide bonds. The molecule has 2 aliphatic rings. The second kappa shape index (κ2) is 9.99. The second-order valence-electron chi connectivity index (χ2n) is 9.66. The van der Waals surface area contributed by atoms with Crippen molar-refractivity contribution in [2.24, 2.45) is 7.05 Å².